The average molecular weight is 351 g/mol. The molecular weight excluding hydrogens is 339 g/mol. The summed E-state index contributed by atoms with van der Waals surface area (Å²) in [7, 11) is -4.85. The molecule has 4 nitrogen and oxygen atoms in total. The molecule has 1 aromatic carbocycles. The normalized spacial score (nSPS) is 13.2. The Kier molecular flexibility index (Phi) is 5.89. The van der Waals surface area contributed by atoms with Crippen molar-refractivity contribution >= 4 is 13.4 Å². The molecule has 0 radical (unpaired) electrons. The van der Waals surface area contributed by atoms with Crippen LogP contribution < -0.4 is 5.09 Å². The molecular formula is C11H12F6NO3P. The van der Waals surface area contributed by atoms with Gasteiger partial charge in [-0.2, -0.15) is 26.3 Å². The lowest BCUT2D eigenvalue weighted by molar-refractivity contribution is -0.165. The number of halogens is 6. The van der Waals surface area contributed by atoms with Gasteiger partial charge in [0.25, 0.3) is 0 Å². The standard InChI is InChI=1S/C11H12F6NO3P/c1-8-4-2-3-5-9(8)18-22(19,20-6-10(12,13)14)21-7-11(15,16)17/h2-5H,6-7H2,1H3,(H,18,19). The smallest absolute Gasteiger partial charge is 0.293 e. The second kappa shape index (κ2) is 6.89. The van der Waals surface area contributed by atoms with E-state index in [2.05, 4.69) is 9.05 Å². The molecule has 0 aliphatic heterocycles. The lowest BCUT2D eigenvalue weighted by atomic mass is 10.2. The molecule has 1 aromatic rings. The molecule has 0 atom stereocenters. The van der Waals surface area contributed by atoms with Crippen LogP contribution in [0, 0.1) is 6.92 Å². The van der Waals surface area contributed by atoms with Gasteiger partial charge in [-0.05, 0) is 18.6 Å². The summed E-state index contributed by atoms with van der Waals surface area (Å²) >= 11 is 0. The molecule has 22 heavy (non-hydrogen) atoms. The number of nitrogens with one attached hydrogen (secondary N) is 1. The zero-order chi connectivity index (χ0) is 17.0. The Bertz CT molecular complexity index is 523. The predicted octanol–water partition coefficient (Wildman–Crippen LogP) is 4.67. The lowest BCUT2D eigenvalue weighted by Crippen LogP contribution is -2.22. The van der Waals surface area contributed by atoms with Crippen molar-refractivity contribution < 1.29 is 40.0 Å². The predicted molar refractivity (Wildman–Crippen MR) is 66.4 cm³/mol. The summed E-state index contributed by atoms with van der Waals surface area (Å²) in [6, 6.07) is 5.86. The van der Waals surface area contributed by atoms with Crippen molar-refractivity contribution in [2.45, 2.75) is 19.3 Å². The zero-order valence-electron chi connectivity index (χ0n) is 11.2. The quantitative estimate of drug-likeness (QED) is 0.598. The van der Waals surface area contributed by atoms with Gasteiger partial charge in [-0.1, -0.05) is 18.2 Å². The van der Waals surface area contributed by atoms with E-state index in [9.17, 15) is 30.9 Å². The average Bonchev–Trinajstić information content (AvgIpc) is 2.36. The van der Waals surface area contributed by atoms with Crippen LogP contribution in [-0.4, -0.2) is 25.6 Å². The Hall–Kier alpha value is -1.25. The summed E-state index contributed by atoms with van der Waals surface area (Å²) in [5.74, 6) is 0. The Morgan fingerprint density at radius 2 is 1.45 bits per heavy atom. The number of aryl methyl sites for hydroxylation is 1. The Balaban J connectivity index is 2.90. The first kappa shape index (κ1) is 18.8. The minimum Gasteiger partial charge on any atom is -0.293 e. The summed E-state index contributed by atoms with van der Waals surface area (Å²) in [6.45, 7) is -2.51. The number of hydrogen-bond donors (Lipinski definition) is 1. The molecule has 0 saturated heterocycles. The van der Waals surface area contributed by atoms with Gasteiger partial charge < -0.3 is 0 Å². The van der Waals surface area contributed by atoms with Crippen LogP contribution in [0.2, 0.25) is 0 Å². The number of benzene rings is 1. The van der Waals surface area contributed by atoms with Gasteiger partial charge in [-0.3, -0.25) is 14.1 Å². The van der Waals surface area contributed by atoms with E-state index in [1.54, 1.807) is 6.07 Å². The van der Waals surface area contributed by atoms with Gasteiger partial charge in [0.1, 0.15) is 0 Å². The molecule has 0 unspecified atom stereocenters. The summed E-state index contributed by atoms with van der Waals surface area (Å²) < 4.78 is 92.9. The van der Waals surface area contributed by atoms with Gasteiger partial charge in [-0.15, -0.1) is 0 Å². The monoisotopic (exact) mass is 351 g/mol. The van der Waals surface area contributed by atoms with Gasteiger partial charge >= 0.3 is 20.1 Å². The molecule has 0 heterocycles. The number of anilines is 1. The van der Waals surface area contributed by atoms with Crippen molar-refractivity contribution in [3.8, 4) is 0 Å². The topological polar surface area (TPSA) is 47.6 Å². The maximum absolute atomic E-state index is 12.1. The molecule has 0 aromatic heterocycles. The van der Waals surface area contributed by atoms with Crippen molar-refractivity contribution in [2.24, 2.45) is 0 Å². The summed E-state index contributed by atoms with van der Waals surface area (Å²) in [6.07, 6.45) is -9.74. The zero-order valence-corrected chi connectivity index (χ0v) is 12.1. The lowest BCUT2D eigenvalue weighted by Gasteiger charge is -2.22. The number of alkyl halides is 6. The first-order valence-corrected chi connectivity index (χ1v) is 7.31. The minimum atomic E-state index is -4.87. The Morgan fingerprint density at radius 1 is 1.00 bits per heavy atom. The van der Waals surface area contributed by atoms with Crippen LogP contribution in [0.1, 0.15) is 5.56 Å². The second-order valence-corrected chi connectivity index (χ2v) is 5.94. The molecule has 11 heteroatoms. The van der Waals surface area contributed by atoms with E-state index in [0.29, 0.717) is 5.56 Å². The highest BCUT2D eigenvalue weighted by Gasteiger charge is 2.38. The fourth-order valence-electron chi connectivity index (χ4n) is 1.26. The van der Waals surface area contributed by atoms with Crippen LogP contribution >= 0.6 is 7.75 Å². The highest BCUT2D eigenvalue weighted by molar-refractivity contribution is 7.55. The minimum absolute atomic E-state index is 0.0372. The number of rotatable bonds is 6. The summed E-state index contributed by atoms with van der Waals surface area (Å²) in [5.41, 5.74) is 0.476. The highest BCUT2D eigenvalue weighted by Crippen LogP contribution is 2.50. The molecule has 1 N–H and O–H groups in total. The number of para-hydroxylation sites is 1. The third-order valence-corrected chi connectivity index (χ3v) is 3.65. The fraction of sp³-hybridized carbons (Fsp3) is 0.455. The molecule has 126 valence electrons. The van der Waals surface area contributed by atoms with E-state index in [1.165, 1.54) is 25.1 Å². The van der Waals surface area contributed by atoms with Crippen LogP contribution in [-0.2, 0) is 13.6 Å². The molecule has 0 aliphatic rings. The molecule has 0 saturated carbocycles. The van der Waals surface area contributed by atoms with Crippen LogP contribution in [0.25, 0.3) is 0 Å². The van der Waals surface area contributed by atoms with Gasteiger partial charge in [0.2, 0.25) is 0 Å². The van der Waals surface area contributed by atoms with E-state index >= 15 is 0 Å². The second-order valence-electron chi connectivity index (χ2n) is 4.20. The van der Waals surface area contributed by atoms with Crippen LogP contribution in [0.15, 0.2) is 24.3 Å². The van der Waals surface area contributed by atoms with Gasteiger partial charge in [0.15, 0.2) is 13.2 Å². The Morgan fingerprint density at radius 3 is 1.86 bits per heavy atom. The van der Waals surface area contributed by atoms with E-state index in [0.717, 1.165) is 0 Å². The van der Waals surface area contributed by atoms with Crippen LogP contribution in [0.3, 0.4) is 0 Å². The maximum Gasteiger partial charge on any atom is 0.433 e. The van der Waals surface area contributed by atoms with E-state index in [-0.39, 0.29) is 5.69 Å². The van der Waals surface area contributed by atoms with Gasteiger partial charge in [-0.25, -0.2) is 4.57 Å². The molecule has 0 aliphatic carbocycles. The first-order valence-electron chi connectivity index (χ1n) is 5.77. The fourth-order valence-corrected chi connectivity index (χ4v) is 2.65. The highest BCUT2D eigenvalue weighted by atomic mass is 31.2. The molecule has 0 amide bonds. The van der Waals surface area contributed by atoms with E-state index in [4.69, 9.17) is 0 Å². The SMILES string of the molecule is Cc1ccccc1NP(=O)(OCC(F)(F)F)OCC(F)(F)F. The maximum atomic E-state index is 12.1. The van der Waals surface area contributed by atoms with Gasteiger partial charge in [0.05, 0.1) is 0 Å². The van der Waals surface area contributed by atoms with Crippen molar-refractivity contribution in [2.75, 3.05) is 18.3 Å². The summed E-state index contributed by atoms with van der Waals surface area (Å²) in [5, 5.41) is 1.98. The molecule has 1 rings (SSSR count). The molecule has 0 bridgehead atoms. The third kappa shape index (κ3) is 7.15. The van der Waals surface area contributed by atoms with Crippen molar-refractivity contribution in [3.05, 3.63) is 29.8 Å². The largest absolute Gasteiger partial charge is 0.433 e. The number of hydrogen-bond acceptors (Lipinski definition) is 3. The van der Waals surface area contributed by atoms with Gasteiger partial charge in [0, 0.05) is 5.69 Å². The first-order chi connectivity index (χ1) is 9.90. The van der Waals surface area contributed by atoms with Crippen molar-refractivity contribution in [3.63, 3.8) is 0 Å². The van der Waals surface area contributed by atoms with Crippen LogP contribution in [0.5, 0.6) is 0 Å². The van der Waals surface area contributed by atoms with Crippen molar-refractivity contribution in [1.82, 2.24) is 0 Å². The molecule has 0 fully saturated rings. The molecule has 0 spiro atoms. The van der Waals surface area contributed by atoms with Crippen molar-refractivity contribution in [1.29, 1.82) is 0 Å². The van der Waals surface area contributed by atoms with Crippen LogP contribution in [0.4, 0.5) is 32.0 Å². The van der Waals surface area contributed by atoms with E-state index < -0.39 is 33.3 Å². The Labute approximate surface area is 122 Å². The van der Waals surface area contributed by atoms with E-state index in [1.807, 2.05) is 5.09 Å². The summed E-state index contributed by atoms with van der Waals surface area (Å²) in [4.78, 5) is 0. The third-order valence-electron chi connectivity index (χ3n) is 2.20.